The summed E-state index contributed by atoms with van der Waals surface area (Å²) >= 11 is 0. The summed E-state index contributed by atoms with van der Waals surface area (Å²) in [5.41, 5.74) is -3.61. The highest BCUT2D eigenvalue weighted by Crippen LogP contribution is 2.36. The van der Waals surface area contributed by atoms with Crippen LogP contribution in [0.5, 0.6) is 0 Å². The van der Waals surface area contributed by atoms with Gasteiger partial charge in [-0.05, 0) is 23.8 Å². The van der Waals surface area contributed by atoms with E-state index in [4.69, 9.17) is 5.11 Å². The zero-order valence-corrected chi connectivity index (χ0v) is 21.2. The zero-order chi connectivity index (χ0) is 31.1. The number of carboxylic acid groups (broad SMARTS) is 3. The van der Waals surface area contributed by atoms with Crippen molar-refractivity contribution in [1.82, 2.24) is 19.6 Å². The number of carboxylic acids is 3. The van der Waals surface area contributed by atoms with Crippen LogP contribution in [0.1, 0.15) is 23.1 Å². The molecule has 0 aliphatic carbocycles. The van der Waals surface area contributed by atoms with Gasteiger partial charge in [0.15, 0.2) is 0 Å². The molecule has 1 aromatic carbocycles. The Balaban J connectivity index is 2.51. The van der Waals surface area contributed by atoms with E-state index in [0.29, 0.717) is 17.0 Å². The van der Waals surface area contributed by atoms with Crippen molar-refractivity contribution >= 4 is 29.7 Å². The highest BCUT2D eigenvalue weighted by molar-refractivity contribution is 5.98. The Labute approximate surface area is 228 Å². The first-order valence-corrected chi connectivity index (χ1v) is 11.8. The lowest BCUT2D eigenvalue weighted by atomic mass is 10.0. The predicted molar refractivity (Wildman–Crippen MR) is 124 cm³/mol. The fraction of sp³-hybridized carbons (Fsp3) is 0.522. The van der Waals surface area contributed by atoms with Crippen LogP contribution in [-0.2, 0) is 42.9 Å². The Morgan fingerprint density at radius 2 is 1.07 bits per heavy atom. The molecule has 1 aliphatic heterocycles. The van der Waals surface area contributed by atoms with Crippen molar-refractivity contribution in [2.45, 2.75) is 25.3 Å². The molecule has 1 saturated heterocycles. The van der Waals surface area contributed by atoms with Gasteiger partial charge in [0.1, 0.15) is 19.5 Å². The number of aliphatic carboxylic acids is 3. The molecule has 0 radical (unpaired) electrons. The lowest BCUT2D eigenvalue weighted by molar-refractivity contribution is -0.150. The molecule has 1 fully saturated rings. The van der Waals surface area contributed by atoms with Crippen molar-refractivity contribution in [3.63, 3.8) is 0 Å². The minimum atomic E-state index is -5.13. The lowest BCUT2D eigenvalue weighted by Crippen LogP contribution is -2.50. The second-order valence-electron chi connectivity index (χ2n) is 9.15. The number of nitrogens with zero attached hydrogens (tertiary/aromatic N) is 4. The van der Waals surface area contributed by atoms with Gasteiger partial charge in [0.2, 0.25) is 11.8 Å². The molecule has 12 nitrogen and oxygen atoms in total. The fourth-order valence-electron chi connectivity index (χ4n) is 4.03. The van der Waals surface area contributed by atoms with E-state index in [-0.39, 0.29) is 19.2 Å². The molecular weight excluding hydrogens is 574 g/mol. The number of hydrogen-bond donors (Lipinski definition) is 3. The van der Waals surface area contributed by atoms with E-state index in [1.165, 1.54) is 4.90 Å². The first kappa shape index (κ1) is 33.3. The summed E-state index contributed by atoms with van der Waals surface area (Å²) in [5.74, 6) is -6.31. The van der Waals surface area contributed by atoms with Gasteiger partial charge in [-0.3, -0.25) is 33.8 Å². The van der Waals surface area contributed by atoms with Crippen LogP contribution in [0.25, 0.3) is 0 Å². The summed E-state index contributed by atoms with van der Waals surface area (Å²) in [5, 5.41) is 27.7. The van der Waals surface area contributed by atoms with Crippen LogP contribution >= 0.6 is 0 Å². The molecule has 0 bridgehead atoms. The van der Waals surface area contributed by atoms with Gasteiger partial charge in [-0.25, -0.2) is 0 Å². The SMILES string of the molecule is O=C(O)CN1CCN(CC(=O)O)C(=O)CC(=O)N(CC(=O)O)CCN(Cc2cc(C(F)(F)F)cc(C(F)(F)F)c2)C1. The van der Waals surface area contributed by atoms with Crippen molar-refractivity contribution in [2.24, 2.45) is 0 Å². The molecule has 1 aliphatic rings. The van der Waals surface area contributed by atoms with Crippen LogP contribution < -0.4 is 0 Å². The van der Waals surface area contributed by atoms with Gasteiger partial charge in [-0.15, -0.1) is 0 Å². The number of hydrogen-bond acceptors (Lipinski definition) is 7. The van der Waals surface area contributed by atoms with Crippen LogP contribution in [0.4, 0.5) is 26.3 Å². The minimum absolute atomic E-state index is 0.0577. The van der Waals surface area contributed by atoms with Gasteiger partial charge >= 0.3 is 30.3 Å². The largest absolute Gasteiger partial charge is 0.480 e. The van der Waals surface area contributed by atoms with Crippen molar-refractivity contribution in [1.29, 1.82) is 0 Å². The van der Waals surface area contributed by atoms with Crippen molar-refractivity contribution in [2.75, 3.05) is 52.5 Å². The van der Waals surface area contributed by atoms with E-state index in [2.05, 4.69) is 0 Å². The monoisotopic (exact) mass is 600 g/mol. The second-order valence-corrected chi connectivity index (χ2v) is 9.15. The average Bonchev–Trinajstić information content (AvgIpc) is 2.81. The van der Waals surface area contributed by atoms with E-state index in [1.54, 1.807) is 0 Å². The van der Waals surface area contributed by atoms with Crippen LogP contribution in [0.3, 0.4) is 0 Å². The summed E-state index contributed by atoms with van der Waals surface area (Å²) in [6, 6.07) is 0.915. The van der Waals surface area contributed by atoms with Gasteiger partial charge in [-0.2, -0.15) is 26.3 Å². The maximum absolute atomic E-state index is 13.4. The van der Waals surface area contributed by atoms with Crippen LogP contribution in [0.2, 0.25) is 0 Å². The third-order valence-electron chi connectivity index (χ3n) is 5.84. The third kappa shape index (κ3) is 10.9. The first-order valence-electron chi connectivity index (χ1n) is 11.8. The summed E-state index contributed by atoms with van der Waals surface area (Å²) in [7, 11) is 0. The number of rotatable bonds is 8. The molecule has 1 aromatic rings. The van der Waals surface area contributed by atoms with Gasteiger partial charge < -0.3 is 25.1 Å². The molecule has 0 aromatic heterocycles. The first-order chi connectivity index (χ1) is 18.8. The van der Waals surface area contributed by atoms with Crippen LogP contribution in [0.15, 0.2) is 18.2 Å². The highest BCUT2D eigenvalue weighted by Gasteiger charge is 2.37. The summed E-state index contributed by atoms with van der Waals surface area (Å²) < 4.78 is 80.2. The van der Waals surface area contributed by atoms with Gasteiger partial charge in [0.25, 0.3) is 0 Å². The molecule has 3 N–H and O–H groups in total. The van der Waals surface area contributed by atoms with Crippen LogP contribution in [-0.4, -0.2) is 117 Å². The van der Waals surface area contributed by atoms with Crippen LogP contribution in [0, 0.1) is 0 Å². The average molecular weight is 600 g/mol. The molecular formula is C23H26F6N4O8. The molecule has 0 atom stereocenters. The van der Waals surface area contributed by atoms with Crippen molar-refractivity contribution in [3.05, 3.63) is 34.9 Å². The number of carbonyl (C=O) groups is 5. The Bertz CT molecular complexity index is 1130. The van der Waals surface area contributed by atoms with E-state index >= 15 is 0 Å². The Kier molecular flexibility index (Phi) is 11.1. The molecule has 1 heterocycles. The third-order valence-corrected chi connectivity index (χ3v) is 5.84. The number of amides is 2. The molecule has 2 amide bonds. The molecule has 0 unspecified atom stereocenters. The number of halogens is 6. The quantitative estimate of drug-likeness (QED) is 0.291. The van der Waals surface area contributed by atoms with E-state index in [9.17, 15) is 60.5 Å². The number of alkyl halides is 6. The second kappa shape index (κ2) is 13.6. The topological polar surface area (TPSA) is 159 Å². The minimum Gasteiger partial charge on any atom is -0.480 e. The van der Waals surface area contributed by atoms with Gasteiger partial charge in [0.05, 0.1) is 24.3 Å². The Hall–Kier alpha value is -3.93. The Morgan fingerprint density at radius 1 is 0.659 bits per heavy atom. The molecule has 0 saturated carbocycles. The molecule has 228 valence electrons. The van der Waals surface area contributed by atoms with Gasteiger partial charge in [0, 0.05) is 32.7 Å². The van der Waals surface area contributed by atoms with Crippen molar-refractivity contribution in [3.8, 4) is 0 Å². The zero-order valence-electron chi connectivity index (χ0n) is 21.2. The molecule has 0 spiro atoms. The molecule has 41 heavy (non-hydrogen) atoms. The number of benzene rings is 1. The maximum atomic E-state index is 13.4. The summed E-state index contributed by atoms with van der Waals surface area (Å²) in [4.78, 5) is 63.2. The highest BCUT2D eigenvalue weighted by atomic mass is 19.4. The number of carbonyl (C=O) groups excluding carboxylic acids is 2. The van der Waals surface area contributed by atoms with Gasteiger partial charge in [-0.1, -0.05) is 0 Å². The standard InChI is InChI=1S/C23H26F6N4O8/c24-22(25,26)15-5-14(6-16(7-15)23(27,28)29)9-30-1-3-32(11-20(38)39)17(34)8-18(35)33(12-21(40)41)4-2-31(13-30)10-19(36)37/h5-7H,1-4,8-13H2,(H,36,37)(H,38,39)(H,40,41). The summed E-state index contributed by atoms with van der Waals surface area (Å²) in [6.45, 7) is -5.00. The fourth-order valence-corrected chi connectivity index (χ4v) is 4.03. The van der Waals surface area contributed by atoms with E-state index in [1.807, 2.05) is 0 Å². The van der Waals surface area contributed by atoms with E-state index in [0.717, 1.165) is 9.80 Å². The Morgan fingerprint density at radius 3 is 1.46 bits per heavy atom. The van der Waals surface area contributed by atoms with E-state index < -0.39 is 111 Å². The molecule has 2 rings (SSSR count). The maximum Gasteiger partial charge on any atom is 0.416 e. The molecule has 18 heteroatoms. The summed E-state index contributed by atoms with van der Waals surface area (Å²) in [6.07, 6.45) is -11.2. The van der Waals surface area contributed by atoms with Crippen molar-refractivity contribution < 1.29 is 65.6 Å². The lowest BCUT2D eigenvalue weighted by Gasteiger charge is -2.34. The predicted octanol–water partition coefficient (Wildman–Crippen LogP) is 1.10. The smallest absolute Gasteiger partial charge is 0.416 e. The normalized spacial score (nSPS) is 17.2.